The van der Waals surface area contributed by atoms with E-state index in [-0.39, 0.29) is 11.5 Å². The third-order valence-corrected chi connectivity index (χ3v) is 5.06. The van der Waals surface area contributed by atoms with E-state index in [4.69, 9.17) is 4.99 Å². The van der Waals surface area contributed by atoms with Crippen LogP contribution in [0.2, 0.25) is 0 Å². The molecule has 0 radical (unpaired) electrons. The maximum Gasteiger partial charge on any atom is 0.122 e. The number of aromatic hydroxyl groups is 2. The molecule has 2 N–H and O–H groups in total. The second-order valence-electron chi connectivity index (χ2n) is 7.57. The number of nitrogens with zero attached hydrogens (tertiary/aromatic N) is 1. The van der Waals surface area contributed by atoms with E-state index < -0.39 is 0 Å². The van der Waals surface area contributed by atoms with E-state index in [0.717, 1.165) is 30.7 Å². The van der Waals surface area contributed by atoms with Gasteiger partial charge in [-0.1, -0.05) is 88.3 Å². The maximum absolute atomic E-state index is 10.1. The summed E-state index contributed by atoms with van der Waals surface area (Å²) in [6.45, 7) is 3.10. The summed E-state index contributed by atoms with van der Waals surface area (Å²) in [5.41, 5.74) is 3.12. The van der Waals surface area contributed by atoms with Gasteiger partial charge in [0.25, 0.3) is 0 Å². The van der Waals surface area contributed by atoms with Crippen molar-refractivity contribution in [2.75, 3.05) is 6.54 Å². The molecular formula is C25H35NO2. The zero-order valence-electron chi connectivity index (χ0n) is 17.2. The van der Waals surface area contributed by atoms with Gasteiger partial charge in [0.1, 0.15) is 11.5 Å². The number of rotatable bonds is 13. The summed E-state index contributed by atoms with van der Waals surface area (Å²) in [5, 5.41) is 19.6. The molecule has 0 saturated carbocycles. The molecule has 0 fully saturated rings. The van der Waals surface area contributed by atoms with Gasteiger partial charge in [-0.3, -0.25) is 4.99 Å². The van der Waals surface area contributed by atoms with E-state index in [9.17, 15) is 10.2 Å². The van der Waals surface area contributed by atoms with Gasteiger partial charge in [0.2, 0.25) is 0 Å². The van der Waals surface area contributed by atoms with Crippen LogP contribution in [-0.4, -0.2) is 22.5 Å². The molecule has 0 spiro atoms. The highest BCUT2D eigenvalue weighted by atomic mass is 16.3. The molecule has 3 heteroatoms. The second kappa shape index (κ2) is 13.0. The second-order valence-corrected chi connectivity index (χ2v) is 7.57. The SMILES string of the molecule is CCCCCCCCCCN=C(Cc1ccccc1)Cc1ccc(O)cc1O. The van der Waals surface area contributed by atoms with E-state index in [2.05, 4.69) is 19.1 Å². The minimum absolute atomic E-state index is 0.0849. The lowest BCUT2D eigenvalue weighted by Gasteiger charge is -2.10. The number of hydrogen-bond donors (Lipinski definition) is 2. The standard InChI is InChI=1S/C25H35NO2/c1-2-3-4-5-6-7-8-12-17-26-23(18-21-13-10-9-11-14-21)19-22-15-16-24(27)20-25(22)28/h9-11,13-16,20,27-28H,2-8,12,17-19H2,1H3. The van der Waals surface area contributed by atoms with E-state index >= 15 is 0 Å². The van der Waals surface area contributed by atoms with Crippen molar-refractivity contribution < 1.29 is 10.2 Å². The minimum Gasteiger partial charge on any atom is -0.508 e. The average molecular weight is 382 g/mol. The predicted octanol–water partition coefficient (Wildman–Crippen LogP) is 6.46. The zero-order valence-corrected chi connectivity index (χ0v) is 17.2. The summed E-state index contributed by atoms with van der Waals surface area (Å²) in [6.07, 6.45) is 11.8. The lowest BCUT2D eigenvalue weighted by atomic mass is 10.0. The molecule has 0 amide bonds. The number of hydrogen-bond acceptors (Lipinski definition) is 3. The largest absolute Gasteiger partial charge is 0.508 e. The Morgan fingerprint density at radius 3 is 2.14 bits per heavy atom. The molecule has 0 aliphatic rings. The molecule has 0 saturated heterocycles. The summed E-state index contributed by atoms with van der Waals surface area (Å²) in [6, 6.07) is 15.1. The lowest BCUT2D eigenvalue weighted by Crippen LogP contribution is -2.09. The summed E-state index contributed by atoms with van der Waals surface area (Å²) >= 11 is 0. The molecule has 0 heterocycles. The van der Waals surface area contributed by atoms with E-state index in [1.807, 2.05) is 18.2 Å². The molecule has 152 valence electrons. The molecule has 28 heavy (non-hydrogen) atoms. The first-order chi connectivity index (χ1) is 13.7. The van der Waals surface area contributed by atoms with Gasteiger partial charge in [-0.2, -0.15) is 0 Å². The van der Waals surface area contributed by atoms with Crippen LogP contribution in [0.15, 0.2) is 53.5 Å². The third-order valence-electron chi connectivity index (χ3n) is 5.06. The van der Waals surface area contributed by atoms with E-state index in [1.54, 1.807) is 12.1 Å². The molecule has 0 aromatic heterocycles. The Balaban J connectivity index is 1.87. The van der Waals surface area contributed by atoms with E-state index in [0.29, 0.717) is 6.42 Å². The number of phenolic OH excluding ortho intramolecular Hbond substituents is 2. The molecule has 2 aromatic carbocycles. The van der Waals surface area contributed by atoms with Crippen LogP contribution in [0.25, 0.3) is 0 Å². The molecule has 2 aromatic rings. The van der Waals surface area contributed by atoms with Gasteiger partial charge in [0.05, 0.1) is 0 Å². The summed E-state index contributed by atoms with van der Waals surface area (Å²) in [7, 11) is 0. The fraction of sp³-hybridized carbons (Fsp3) is 0.480. The van der Waals surface area contributed by atoms with Crippen molar-refractivity contribution >= 4 is 5.71 Å². The highest BCUT2D eigenvalue weighted by Crippen LogP contribution is 2.23. The first-order valence-electron chi connectivity index (χ1n) is 10.8. The van der Waals surface area contributed by atoms with Crippen molar-refractivity contribution in [2.24, 2.45) is 4.99 Å². The van der Waals surface area contributed by atoms with Gasteiger partial charge in [0.15, 0.2) is 0 Å². The van der Waals surface area contributed by atoms with Gasteiger partial charge in [-0.05, 0) is 23.6 Å². The van der Waals surface area contributed by atoms with Gasteiger partial charge in [0, 0.05) is 31.2 Å². The van der Waals surface area contributed by atoms with Crippen LogP contribution < -0.4 is 0 Å². The molecule has 0 bridgehead atoms. The molecule has 0 atom stereocenters. The van der Waals surface area contributed by atoms with Gasteiger partial charge in [-0.15, -0.1) is 0 Å². The number of aliphatic imine (C=N–C) groups is 1. The molecule has 0 unspecified atom stereocenters. The number of benzene rings is 2. The summed E-state index contributed by atoms with van der Waals surface area (Å²) < 4.78 is 0. The summed E-state index contributed by atoms with van der Waals surface area (Å²) in [5.74, 6) is 0.217. The zero-order chi connectivity index (χ0) is 20.0. The number of unbranched alkanes of at least 4 members (excludes halogenated alkanes) is 7. The smallest absolute Gasteiger partial charge is 0.122 e. The minimum atomic E-state index is 0.0849. The summed E-state index contributed by atoms with van der Waals surface area (Å²) in [4.78, 5) is 4.87. The van der Waals surface area contributed by atoms with Crippen LogP contribution in [0.3, 0.4) is 0 Å². The van der Waals surface area contributed by atoms with Crippen LogP contribution in [-0.2, 0) is 12.8 Å². The van der Waals surface area contributed by atoms with Crippen LogP contribution in [0.5, 0.6) is 11.5 Å². The van der Waals surface area contributed by atoms with E-state index in [1.165, 1.54) is 56.6 Å². The van der Waals surface area contributed by atoms with Crippen LogP contribution in [0.4, 0.5) is 0 Å². The lowest BCUT2D eigenvalue weighted by molar-refractivity contribution is 0.447. The van der Waals surface area contributed by atoms with Crippen molar-refractivity contribution in [3.05, 3.63) is 59.7 Å². The molecular weight excluding hydrogens is 346 g/mol. The van der Waals surface area contributed by atoms with Crippen LogP contribution in [0.1, 0.15) is 69.4 Å². The van der Waals surface area contributed by atoms with Crippen LogP contribution >= 0.6 is 0 Å². The monoisotopic (exact) mass is 381 g/mol. The highest BCUT2D eigenvalue weighted by Gasteiger charge is 2.08. The van der Waals surface area contributed by atoms with Gasteiger partial charge in [-0.25, -0.2) is 0 Å². The third kappa shape index (κ3) is 8.60. The Kier molecular flexibility index (Phi) is 10.2. The first kappa shape index (κ1) is 22.0. The normalized spacial score (nSPS) is 11.7. The van der Waals surface area contributed by atoms with Crippen molar-refractivity contribution in [2.45, 2.75) is 71.1 Å². The average Bonchev–Trinajstić information content (AvgIpc) is 2.69. The first-order valence-corrected chi connectivity index (χ1v) is 10.8. The van der Waals surface area contributed by atoms with Crippen molar-refractivity contribution in [3.8, 4) is 11.5 Å². The Bertz CT molecular complexity index is 710. The molecule has 0 aliphatic heterocycles. The topological polar surface area (TPSA) is 52.8 Å². The Hall–Kier alpha value is -2.29. The Morgan fingerprint density at radius 1 is 0.786 bits per heavy atom. The Labute approximate surface area is 170 Å². The van der Waals surface area contributed by atoms with Crippen LogP contribution in [0, 0.1) is 0 Å². The fourth-order valence-corrected chi connectivity index (χ4v) is 3.41. The van der Waals surface area contributed by atoms with Crippen molar-refractivity contribution in [1.82, 2.24) is 0 Å². The van der Waals surface area contributed by atoms with Gasteiger partial charge >= 0.3 is 0 Å². The number of phenols is 2. The molecule has 3 nitrogen and oxygen atoms in total. The molecule has 2 rings (SSSR count). The van der Waals surface area contributed by atoms with Crippen molar-refractivity contribution in [1.29, 1.82) is 0 Å². The maximum atomic E-state index is 10.1. The molecule has 0 aliphatic carbocycles. The highest BCUT2D eigenvalue weighted by molar-refractivity contribution is 5.89. The van der Waals surface area contributed by atoms with Crippen molar-refractivity contribution in [3.63, 3.8) is 0 Å². The fourth-order valence-electron chi connectivity index (χ4n) is 3.41. The Morgan fingerprint density at radius 2 is 1.46 bits per heavy atom. The quantitative estimate of drug-likeness (QED) is 0.309. The predicted molar refractivity (Wildman–Crippen MR) is 119 cm³/mol. The van der Waals surface area contributed by atoms with Gasteiger partial charge < -0.3 is 10.2 Å².